The van der Waals surface area contributed by atoms with Gasteiger partial charge in [0.1, 0.15) is 35.0 Å². The molecule has 0 saturated carbocycles. The van der Waals surface area contributed by atoms with E-state index in [-0.39, 0.29) is 18.6 Å². The zero-order chi connectivity index (χ0) is 26.7. The Morgan fingerprint density at radius 1 is 0.875 bits per heavy atom. The number of rotatable bonds is 5. The third-order valence-corrected chi connectivity index (χ3v) is 8.62. The number of amides is 1. The molecule has 2 atom stereocenters. The summed E-state index contributed by atoms with van der Waals surface area (Å²) in [5.74, 6) is 3.22. The van der Waals surface area contributed by atoms with Crippen LogP contribution in [0.2, 0.25) is 0 Å². The minimum absolute atomic E-state index is 0.0419. The fourth-order valence-electron chi connectivity index (χ4n) is 6.71. The molecule has 0 radical (unpaired) electrons. The number of carbonyl (C=O) groups is 1. The molecule has 1 fully saturated rings. The van der Waals surface area contributed by atoms with Crippen LogP contribution in [0.3, 0.4) is 0 Å². The highest BCUT2D eigenvalue weighted by Crippen LogP contribution is 2.56. The highest BCUT2D eigenvalue weighted by atomic mass is 16.5. The van der Waals surface area contributed by atoms with Gasteiger partial charge in [0.05, 0.1) is 19.3 Å². The van der Waals surface area contributed by atoms with E-state index in [4.69, 9.17) is 18.9 Å². The summed E-state index contributed by atoms with van der Waals surface area (Å²) in [7, 11) is 0. The van der Waals surface area contributed by atoms with Gasteiger partial charge in [-0.3, -0.25) is 4.79 Å². The number of para-hydroxylation sites is 1. The van der Waals surface area contributed by atoms with Crippen molar-refractivity contribution in [2.45, 2.75) is 30.8 Å². The molecule has 6 heteroatoms. The van der Waals surface area contributed by atoms with Crippen LogP contribution in [0.25, 0.3) is 11.1 Å². The van der Waals surface area contributed by atoms with Gasteiger partial charge in [0.2, 0.25) is 5.91 Å². The molecule has 0 N–H and O–H groups in total. The van der Waals surface area contributed by atoms with Crippen molar-refractivity contribution in [3.05, 3.63) is 102 Å². The standard InChI is InChI=1S/C34H29NO5/c36-33-34(21-39-31-19-30-23(15-17-38-30)18-28(31)34)32-27(9-4-10-29(32)35(33)20-26-8-5-16-37-26)22-11-13-25(14-12-22)40-24-6-2-1-3-7-24/h1-4,6-7,9-14,18-19,26H,5,8,15-17,20-21H2. The number of benzene rings is 4. The molecule has 0 bridgehead atoms. The number of anilines is 1. The lowest BCUT2D eigenvalue weighted by molar-refractivity contribution is -0.122. The maximum absolute atomic E-state index is 14.6. The molecule has 4 heterocycles. The molecular formula is C34H29NO5. The topological polar surface area (TPSA) is 57.2 Å². The van der Waals surface area contributed by atoms with E-state index in [1.807, 2.05) is 59.5 Å². The fourth-order valence-corrected chi connectivity index (χ4v) is 6.71. The summed E-state index contributed by atoms with van der Waals surface area (Å²) in [6.07, 6.45) is 2.87. The minimum atomic E-state index is -0.920. The van der Waals surface area contributed by atoms with Crippen molar-refractivity contribution in [1.82, 2.24) is 0 Å². The Kier molecular flexibility index (Phi) is 5.39. The van der Waals surface area contributed by atoms with E-state index in [1.165, 1.54) is 0 Å². The van der Waals surface area contributed by atoms with Crippen LogP contribution >= 0.6 is 0 Å². The number of carbonyl (C=O) groups excluding carboxylic acids is 1. The van der Waals surface area contributed by atoms with E-state index in [2.05, 4.69) is 30.3 Å². The van der Waals surface area contributed by atoms with Crippen LogP contribution in [0, 0.1) is 0 Å². The molecule has 1 amide bonds. The number of fused-ring (bicyclic) bond motifs is 5. The lowest BCUT2D eigenvalue weighted by Gasteiger charge is -2.25. The van der Waals surface area contributed by atoms with Gasteiger partial charge in [-0.1, -0.05) is 42.5 Å². The van der Waals surface area contributed by atoms with Crippen molar-refractivity contribution in [3.8, 4) is 34.1 Å². The molecule has 4 aliphatic rings. The summed E-state index contributed by atoms with van der Waals surface area (Å²) in [6.45, 7) is 2.22. The quantitative estimate of drug-likeness (QED) is 0.303. The van der Waals surface area contributed by atoms with Crippen LogP contribution in [0.4, 0.5) is 5.69 Å². The van der Waals surface area contributed by atoms with Gasteiger partial charge in [-0.2, -0.15) is 0 Å². The average Bonchev–Trinajstić information content (AvgIpc) is 3.78. The molecule has 2 unspecified atom stereocenters. The first kappa shape index (κ1) is 23.6. The first-order valence-corrected chi connectivity index (χ1v) is 14.0. The van der Waals surface area contributed by atoms with Crippen molar-refractivity contribution >= 4 is 11.6 Å². The molecular weight excluding hydrogens is 502 g/mol. The number of nitrogens with zero attached hydrogens (tertiary/aromatic N) is 1. The highest BCUT2D eigenvalue weighted by Gasteiger charge is 2.58. The Bertz CT molecular complexity index is 1610. The molecule has 6 nitrogen and oxygen atoms in total. The van der Waals surface area contributed by atoms with Crippen LogP contribution in [-0.2, 0) is 21.4 Å². The normalized spacial score (nSPS) is 22.1. The first-order chi connectivity index (χ1) is 19.7. The van der Waals surface area contributed by atoms with Gasteiger partial charge in [-0.05, 0) is 65.9 Å². The second-order valence-corrected chi connectivity index (χ2v) is 10.9. The van der Waals surface area contributed by atoms with Crippen molar-refractivity contribution in [2.24, 2.45) is 0 Å². The molecule has 4 aromatic rings. The zero-order valence-corrected chi connectivity index (χ0v) is 22.1. The van der Waals surface area contributed by atoms with E-state index in [0.29, 0.717) is 13.2 Å². The smallest absolute Gasteiger partial charge is 0.245 e. The van der Waals surface area contributed by atoms with Crippen LogP contribution in [0.1, 0.15) is 29.5 Å². The average molecular weight is 532 g/mol. The van der Waals surface area contributed by atoms with Crippen LogP contribution in [-0.4, -0.2) is 38.4 Å². The lowest BCUT2D eigenvalue weighted by Crippen LogP contribution is -2.45. The maximum Gasteiger partial charge on any atom is 0.245 e. The summed E-state index contributed by atoms with van der Waals surface area (Å²) in [4.78, 5) is 16.6. The van der Waals surface area contributed by atoms with Crippen LogP contribution < -0.4 is 19.1 Å². The molecule has 1 saturated heterocycles. The maximum atomic E-state index is 14.6. The number of hydrogen-bond donors (Lipinski definition) is 0. The summed E-state index contributed by atoms with van der Waals surface area (Å²) in [5.41, 5.74) is 5.16. The van der Waals surface area contributed by atoms with Crippen molar-refractivity contribution in [1.29, 1.82) is 0 Å². The van der Waals surface area contributed by atoms with E-state index in [0.717, 1.165) is 82.4 Å². The summed E-state index contributed by atoms with van der Waals surface area (Å²) >= 11 is 0. The molecule has 40 heavy (non-hydrogen) atoms. The SMILES string of the molecule is O=C1N(CC2CCCO2)c2cccc(-c3ccc(Oc4ccccc4)cc3)c2C12COc1cc3c(cc12)CCO3. The fraction of sp³-hybridized carbons (Fsp3) is 0.265. The molecule has 0 aromatic heterocycles. The van der Waals surface area contributed by atoms with Gasteiger partial charge in [-0.25, -0.2) is 0 Å². The third kappa shape index (κ3) is 3.56. The van der Waals surface area contributed by atoms with Crippen molar-refractivity contribution in [3.63, 3.8) is 0 Å². The Hall–Kier alpha value is -4.29. The molecule has 4 aliphatic heterocycles. The first-order valence-electron chi connectivity index (χ1n) is 14.0. The Balaban J connectivity index is 1.26. The Morgan fingerprint density at radius 3 is 2.55 bits per heavy atom. The van der Waals surface area contributed by atoms with Crippen LogP contribution in [0.15, 0.2) is 84.9 Å². The number of hydrogen-bond acceptors (Lipinski definition) is 5. The van der Waals surface area contributed by atoms with E-state index >= 15 is 0 Å². The predicted octanol–water partition coefficient (Wildman–Crippen LogP) is 6.28. The largest absolute Gasteiger partial charge is 0.493 e. The lowest BCUT2D eigenvalue weighted by atomic mass is 9.73. The van der Waals surface area contributed by atoms with E-state index < -0.39 is 5.41 Å². The minimum Gasteiger partial charge on any atom is -0.493 e. The van der Waals surface area contributed by atoms with Gasteiger partial charge in [0.15, 0.2) is 0 Å². The van der Waals surface area contributed by atoms with Crippen LogP contribution in [0.5, 0.6) is 23.0 Å². The summed E-state index contributed by atoms with van der Waals surface area (Å²) < 4.78 is 24.2. The molecule has 4 aromatic carbocycles. The second kappa shape index (κ2) is 9.14. The molecule has 200 valence electrons. The summed E-state index contributed by atoms with van der Waals surface area (Å²) in [5, 5.41) is 0. The van der Waals surface area contributed by atoms with E-state index in [9.17, 15) is 4.79 Å². The van der Waals surface area contributed by atoms with Gasteiger partial charge in [0, 0.05) is 35.9 Å². The van der Waals surface area contributed by atoms with Gasteiger partial charge in [-0.15, -0.1) is 0 Å². The Morgan fingerprint density at radius 2 is 1.73 bits per heavy atom. The molecule has 1 spiro atoms. The second-order valence-electron chi connectivity index (χ2n) is 10.9. The van der Waals surface area contributed by atoms with Crippen molar-refractivity contribution in [2.75, 3.05) is 31.3 Å². The van der Waals surface area contributed by atoms with E-state index in [1.54, 1.807) is 0 Å². The Labute approximate surface area is 233 Å². The third-order valence-electron chi connectivity index (χ3n) is 8.62. The zero-order valence-electron chi connectivity index (χ0n) is 22.1. The molecule has 8 rings (SSSR count). The van der Waals surface area contributed by atoms with Gasteiger partial charge in [0.25, 0.3) is 0 Å². The van der Waals surface area contributed by atoms with Crippen molar-refractivity contribution < 1.29 is 23.7 Å². The van der Waals surface area contributed by atoms with Gasteiger partial charge >= 0.3 is 0 Å². The molecule has 0 aliphatic carbocycles. The monoisotopic (exact) mass is 531 g/mol. The predicted molar refractivity (Wildman–Crippen MR) is 152 cm³/mol. The van der Waals surface area contributed by atoms with Gasteiger partial charge < -0.3 is 23.8 Å². The summed E-state index contributed by atoms with van der Waals surface area (Å²) in [6, 6.07) is 28.2. The number of ether oxygens (including phenoxy) is 4. The highest BCUT2D eigenvalue weighted by molar-refractivity contribution is 6.13.